The van der Waals surface area contributed by atoms with Gasteiger partial charge in [-0.2, -0.15) is 11.8 Å². The van der Waals surface area contributed by atoms with E-state index >= 15 is 0 Å². The van der Waals surface area contributed by atoms with E-state index in [1.807, 2.05) is 25.1 Å². The summed E-state index contributed by atoms with van der Waals surface area (Å²) in [6.45, 7) is 4.90. The molecule has 1 aromatic rings. The van der Waals surface area contributed by atoms with Crippen LogP contribution in [0.2, 0.25) is 0 Å². The number of hydrogen-bond donors (Lipinski definition) is 1. The lowest BCUT2D eigenvalue weighted by Gasteiger charge is -2.25. The lowest BCUT2D eigenvalue weighted by molar-refractivity contribution is -0.384. The zero-order valence-electron chi connectivity index (χ0n) is 12.4. The smallest absolute Gasteiger partial charge is 0.311 e. The summed E-state index contributed by atoms with van der Waals surface area (Å²) < 4.78 is 0. The molecule has 0 saturated heterocycles. The molecule has 1 rings (SSSR count). The fourth-order valence-electron chi connectivity index (χ4n) is 1.76. The lowest BCUT2D eigenvalue weighted by atomic mass is 10.3. The van der Waals surface area contributed by atoms with Gasteiger partial charge < -0.3 is 10.2 Å². The highest BCUT2D eigenvalue weighted by Crippen LogP contribution is 2.28. The Morgan fingerprint density at radius 1 is 1.55 bits per heavy atom. The average molecular weight is 298 g/mol. The molecule has 1 unspecified atom stereocenters. The van der Waals surface area contributed by atoms with Crippen LogP contribution in [0.3, 0.4) is 0 Å². The highest BCUT2D eigenvalue weighted by atomic mass is 32.2. The topological polar surface area (TPSA) is 71.3 Å². The van der Waals surface area contributed by atoms with Crippen molar-refractivity contribution in [3.63, 3.8) is 0 Å². The number of nitrogens with zero attached hydrogens (tertiary/aromatic N) is 3. The fourth-order valence-corrected chi connectivity index (χ4v) is 2.46. The standard InChI is InChI=1S/C13H22N4O2S/c1-5-8-14-12-7-6-11(17(18)19)13(15-12)16(3)10(2)9-20-4/h6-7,10H,5,8-9H2,1-4H3,(H,14,15). The van der Waals surface area contributed by atoms with Crippen LogP contribution in [0.1, 0.15) is 20.3 Å². The van der Waals surface area contributed by atoms with Crippen molar-refractivity contribution in [3.05, 3.63) is 22.2 Å². The zero-order chi connectivity index (χ0) is 15.1. The predicted molar refractivity (Wildman–Crippen MR) is 85.9 cm³/mol. The van der Waals surface area contributed by atoms with Crippen molar-refractivity contribution < 1.29 is 4.92 Å². The van der Waals surface area contributed by atoms with Crippen molar-refractivity contribution in [3.8, 4) is 0 Å². The molecule has 0 aliphatic heterocycles. The number of hydrogen-bond acceptors (Lipinski definition) is 6. The summed E-state index contributed by atoms with van der Waals surface area (Å²) in [7, 11) is 1.85. The second kappa shape index (κ2) is 7.94. The van der Waals surface area contributed by atoms with E-state index in [4.69, 9.17) is 0 Å². The van der Waals surface area contributed by atoms with E-state index in [2.05, 4.69) is 17.2 Å². The minimum atomic E-state index is -0.381. The Morgan fingerprint density at radius 3 is 2.80 bits per heavy atom. The van der Waals surface area contributed by atoms with Gasteiger partial charge in [-0.05, 0) is 25.7 Å². The first-order valence-electron chi connectivity index (χ1n) is 6.62. The van der Waals surface area contributed by atoms with Crippen molar-refractivity contribution in [2.45, 2.75) is 26.3 Å². The summed E-state index contributed by atoms with van der Waals surface area (Å²) in [5.74, 6) is 1.98. The summed E-state index contributed by atoms with van der Waals surface area (Å²) in [4.78, 5) is 17.0. The Balaban J connectivity index is 3.07. The van der Waals surface area contributed by atoms with Gasteiger partial charge >= 0.3 is 5.69 Å². The molecular weight excluding hydrogens is 276 g/mol. The lowest BCUT2D eigenvalue weighted by Crippen LogP contribution is -2.32. The van der Waals surface area contributed by atoms with Gasteiger partial charge in [-0.25, -0.2) is 4.98 Å². The Bertz CT molecular complexity index is 456. The third-order valence-electron chi connectivity index (χ3n) is 3.01. The van der Waals surface area contributed by atoms with Gasteiger partial charge in [-0.1, -0.05) is 6.92 Å². The third-order valence-corrected chi connectivity index (χ3v) is 3.83. The molecule has 1 aromatic heterocycles. The molecular formula is C13H22N4O2S. The molecule has 0 bridgehead atoms. The van der Waals surface area contributed by atoms with E-state index in [9.17, 15) is 10.1 Å². The number of nitrogens with one attached hydrogen (secondary N) is 1. The molecule has 0 aliphatic rings. The summed E-state index contributed by atoms with van der Waals surface area (Å²) in [5.41, 5.74) is 0.0440. The van der Waals surface area contributed by atoms with Crippen LogP contribution in [0.4, 0.5) is 17.3 Å². The molecule has 0 fully saturated rings. The first-order valence-corrected chi connectivity index (χ1v) is 8.01. The van der Waals surface area contributed by atoms with E-state index in [1.165, 1.54) is 6.07 Å². The summed E-state index contributed by atoms with van der Waals surface area (Å²) in [6.07, 6.45) is 3.00. The molecule has 0 aliphatic carbocycles. The molecule has 0 spiro atoms. The molecule has 1 heterocycles. The quantitative estimate of drug-likeness (QED) is 0.587. The molecule has 0 saturated carbocycles. The van der Waals surface area contributed by atoms with Gasteiger partial charge in [-0.3, -0.25) is 10.1 Å². The van der Waals surface area contributed by atoms with Crippen LogP contribution in [0.25, 0.3) is 0 Å². The maximum atomic E-state index is 11.1. The molecule has 112 valence electrons. The summed E-state index contributed by atoms with van der Waals surface area (Å²) in [6, 6.07) is 3.35. The second-order valence-electron chi connectivity index (χ2n) is 4.64. The normalized spacial score (nSPS) is 12.0. The molecule has 0 amide bonds. The number of anilines is 2. The SMILES string of the molecule is CCCNc1ccc([N+](=O)[O-])c(N(C)C(C)CSC)n1. The molecule has 1 N–H and O–H groups in total. The number of aromatic nitrogens is 1. The Labute approximate surface area is 124 Å². The minimum Gasteiger partial charge on any atom is -0.370 e. The molecule has 7 heteroatoms. The maximum Gasteiger partial charge on any atom is 0.311 e. The van der Waals surface area contributed by atoms with Crippen LogP contribution in [-0.4, -0.2) is 41.6 Å². The van der Waals surface area contributed by atoms with Crippen LogP contribution < -0.4 is 10.2 Å². The van der Waals surface area contributed by atoms with Crippen molar-refractivity contribution in [2.75, 3.05) is 35.8 Å². The first kappa shape index (κ1) is 16.6. The fraction of sp³-hybridized carbons (Fsp3) is 0.615. The van der Waals surface area contributed by atoms with Crippen LogP contribution in [0, 0.1) is 10.1 Å². The van der Waals surface area contributed by atoms with E-state index in [-0.39, 0.29) is 16.7 Å². The third kappa shape index (κ3) is 4.26. The molecule has 1 atom stereocenters. The monoisotopic (exact) mass is 298 g/mol. The maximum absolute atomic E-state index is 11.1. The number of rotatable bonds is 8. The second-order valence-corrected chi connectivity index (χ2v) is 5.55. The van der Waals surface area contributed by atoms with E-state index < -0.39 is 0 Å². The van der Waals surface area contributed by atoms with Crippen LogP contribution in [-0.2, 0) is 0 Å². The summed E-state index contributed by atoms with van der Waals surface area (Å²) >= 11 is 1.71. The van der Waals surface area contributed by atoms with Gasteiger partial charge in [-0.15, -0.1) is 0 Å². The van der Waals surface area contributed by atoms with Crippen LogP contribution in [0.15, 0.2) is 12.1 Å². The Morgan fingerprint density at radius 2 is 2.25 bits per heavy atom. The van der Waals surface area contributed by atoms with Crippen molar-refractivity contribution >= 4 is 29.1 Å². The van der Waals surface area contributed by atoms with E-state index in [1.54, 1.807) is 17.8 Å². The molecule has 6 nitrogen and oxygen atoms in total. The zero-order valence-corrected chi connectivity index (χ0v) is 13.2. The van der Waals surface area contributed by atoms with Crippen LogP contribution in [0.5, 0.6) is 0 Å². The number of thioether (sulfide) groups is 1. The molecule has 0 radical (unpaired) electrons. The average Bonchev–Trinajstić information content (AvgIpc) is 2.44. The molecule has 20 heavy (non-hydrogen) atoms. The van der Waals surface area contributed by atoms with Crippen molar-refractivity contribution in [2.24, 2.45) is 0 Å². The largest absolute Gasteiger partial charge is 0.370 e. The van der Waals surface area contributed by atoms with Gasteiger partial charge in [0.05, 0.1) is 4.92 Å². The van der Waals surface area contributed by atoms with E-state index in [0.717, 1.165) is 18.7 Å². The highest BCUT2D eigenvalue weighted by Gasteiger charge is 2.22. The van der Waals surface area contributed by atoms with Gasteiger partial charge in [0.15, 0.2) is 0 Å². The first-order chi connectivity index (χ1) is 9.51. The van der Waals surface area contributed by atoms with E-state index in [0.29, 0.717) is 11.6 Å². The number of nitro groups is 1. The molecule has 0 aromatic carbocycles. The Hall–Kier alpha value is -1.50. The predicted octanol–water partition coefficient (Wildman–Crippen LogP) is 3.00. The van der Waals surface area contributed by atoms with Gasteiger partial charge in [0.2, 0.25) is 5.82 Å². The van der Waals surface area contributed by atoms with Crippen molar-refractivity contribution in [1.29, 1.82) is 0 Å². The Kier molecular flexibility index (Phi) is 6.57. The van der Waals surface area contributed by atoms with Crippen molar-refractivity contribution in [1.82, 2.24) is 4.98 Å². The van der Waals surface area contributed by atoms with Gasteiger partial charge in [0.1, 0.15) is 5.82 Å². The van der Waals surface area contributed by atoms with Crippen LogP contribution >= 0.6 is 11.8 Å². The number of pyridine rings is 1. The minimum absolute atomic E-state index is 0.0440. The van der Waals surface area contributed by atoms with Gasteiger partial charge in [0, 0.05) is 31.5 Å². The van der Waals surface area contributed by atoms with Gasteiger partial charge in [0.25, 0.3) is 0 Å². The highest BCUT2D eigenvalue weighted by molar-refractivity contribution is 7.98. The summed E-state index contributed by atoms with van der Waals surface area (Å²) in [5, 5.41) is 14.3.